The van der Waals surface area contributed by atoms with Gasteiger partial charge in [-0.2, -0.15) is 13.2 Å². The number of piperazine rings is 1. The summed E-state index contributed by atoms with van der Waals surface area (Å²) in [7, 11) is 1.60. The van der Waals surface area contributed by atoms with E-state index in [1.807, 2.05) is 30.3 Å². The van der Waals surface area contributed by atoms with E-state index in [0.29, 0.717) is 5.56 Å². The van der Waals surface area contributed by atoms with Crippen molar-refractivity contribution in [1.29, 1.82) is 0 Å². The highest BCUT2D eigenvalue weighted by Gasteiger charge is 2.50. The van der Waals surface area contributed by atoms with Gasteiger partial charge in [0.2, 0.25) is 11.8 Å². The summed E-state index contributed by atoms with van der Waals surface area (Å²) in [5, 5.41) is 15.5. The van der Waals surface area contributed by atoms with E-state index in [4.69, 9.17) is 0 Å². The molecule has 3 aromatic rings. The quantitative estimate of drug-likeness (QED) is 0.444. The molecule has 0 spiro atoms. The Bertz CT molecular complexity index is 1450. The highest BCUT2D eigenvalue weighted by molar-refractivity contribution is 5.91. The number of nitrogens with one attached hydrogen (secondary N) is 1. The number of likely N-dealkylation sites (N-methyl/N-ethyl adjacent to an activating group) is 1. The van der Waals surface area contributed by atoms with Crippen LogP contribution in [0.25, 0.3) is 0 Å². The van der Waals surface area contributed by atoms with Gasteiger partial charge in [0.15, 0.2) is 0 Å². The summed E-state index contributed by atoms with van der Waals surface area (Å²) in [6.07, 6.45) is -5.37. The molecule has 2 atom stereocenters. The average Bonchev–Trinajstić information content (AvgIpc) is 2.95. The number of alkyl halides is 3. The van der Waals surface area contributed by atoms with Crippen molar-refractivity contribution < 1.29 is 32.7 Å². The molecular weight excluding hydrogens is 563 g/mol. The van der Waals surface area contributed by atoms with Crippen LogP contribution in [-0.4, -0.2) is 75.1 Å². The zero-order chi connectivity index (χ0) is 30.0. The minimum atomic E-state index is -4.55. The van der Waals surface area contributed by atoms with Crippen LogP contribution in [0.4, 0.5) is 18.0 Å². The van der Waals surface area contributed by atoms with Crippen molar-refractivity contribution in [1.82, 2.24) is 25.1 Å². The molecule has 0 saturated carbocycles. The van der Waals surface area contributed by atoms with Crippen LogP contribution in [0, 0.1) is 0 Å². The monoisotopic (exact) mass is 597 g/mol. The van der Waals surface area contributed by atoms with Gasteiger partial charge in [-0.3, -0.25) is 9.59 Å². The Balaban J connectivity index is 0.00000423. The van der Waals surface area contributed by atoms with E-state index in [-0.39, 0.29) is 57.2 Å². The van der Waals surface area contributed by atoms with Crippen molar-refractivity contribution in [3.63, 3.8) is 0 Å². The second kappa shape index (κ2) is 12.7. The van der Waals surface area contributed by atoms with Gasteiger partial charge in [-0.25, -0.2) is 14.8 Å². The molecule has 5 rings (SSSR count). The maximum Gasteiger partial charge on any atom is 0.416 e. The number of halogens is 3. The van der Waals surface area contributed by atoms with E-state index in [1.54, 1.807) is 19.2 Å². The molecule has 2 N–H and O–H groups in total. The first-order chi connectivity index (χ1) is 20.0. The second-order valence-corrected chi connectivity index (χ2v) is 10.4. The maximum atomic E-state index is 13.9. The van der Waals surface area contributed by atoms with Gasteiger partial charge in [-0.15, -0.1) is 0 Å². The van der Waals surface area contributed by atoms with Crippen LogP contribution in [0.5, 0.6) is 5.75 Å². The molecule has 2 aliphatic heterocycles. The van der Waals surface area contributed by atoms with Gasteiger partial charge in [0, 0.05) is 26.6 Å². The number of hydrogen-bond donors (Lipinski definition) is 2. The molecule has 2 heterocycles. The number of urea groups is 1. The third-order valence-electron chi connectivity index (χ3n) is 7.43. The summed E-state index contributed by atoms with van der Waals surface area (Å²) in [5.41, 5.74) is 0.970. The largest absolute Gasteiger partial charge is 0.508 e. The number of amides is 4. The lowest BCUT2D eigenvalue weighted by molar-refractivity contribution is -0.187. The van der Waals surface area contributed by atoms with E-state index in [9.17, 15) is 32.7 Å². The van der Waals surface area contributed by atoms with Crippen LogP contribution in [0.15, 0.2) is 78.9 Å². The van der Waals surface area contributed by atoms with Gasteiger partial charge in [0.25, 0.3) is 0 Å². The van der Waals surface area contributed by atoms with Gasteiger partial charge in [-0.1, -0.05) is 62.0 Å². The average molecular weight is 598 g/mol. The number of carbonyl (C=O) groups is 3. The molecule has 0 radical (unpaired) electrons. The number of nitrogens with zero attached hydrogens (tertiary/aromatic N) is 4. The van der Waals surface area contributed by atoms with Crippen LogP contribution in [0.3, 0.4) is 0 Å². The SMILES string of the molecule is C.CN1CC(=O)N2C(CN(Cc3cccc(C(F)(F)F)c3)C(=O)[C@@H]2Cc2ccc(O)cc2)N1C(=O)NCc1ccccc1. The number of hydrazine groups is 1. The van der Waals surface area contributed by atoms with Gasteiger partial charge in [0.05, 0.1) is 18.7 Å². The standard InChI is InChI=1S/C30H30F3N5O4.CH4/c1-35-19-27(40)37-25(15-20-10-12-24(39)13-11-20)28(41)36(17-22-8-5-9-23(14-22)30(31,32)33)18-26(37)38(35)29(42)34-16-21-6-3-2-4-7-21;/h2-14,25-26,39H,15-19H2,1H3,(H,34,42);1H4/t25-,26?;/m0./s1. The van der Waals surface area contributed by atoms with Gasteiger partial charge >= 0.3 is 12.2 Å². The number of rotatable bonds is 6. The van der Waals surface area contributed by atoms with E-state index >= 15 is 0 Å². The fourth-order valence-electron chi connectivity index (χ4n) is 5.42. The zero-order valence-electron chi connectivity index (χ0n) is 22.8. The van der Waals surface area contributed by atoms with Gasteiger partial charge in [0.1, 0.15) is 18.0 Å². The Morgan fingerprint density at radius 3 is 2.30 bits per heavy atom. The Kier molecular flexibility index (Phi) is 9.29. The number of benzene rings is 3. The molecule has 228 valence electrons. The fourth-order valence-corrected chi connectivity index (χ4v) is 5.42. The molecule has 4 amide bonds. The molecular formula is C31H34F3N5O4. The number of fused-ring (bicyclic) bond motifs is 1. The number of carbonyl (C=O) groups excluding carboxylic acids is 3. The minimum absolute atomic E-state index is 0. The van der Waals surface area contributed by atoms with E-state index in [2.05, 4.69) is 5.32 Å². The van der Waals surface area contributed by atoms with E-state index in [0.717, 1.165) is 17.7 Å². The molecule has 0 aromatic heterocycles. The van der Waals surface area contributed by atoms with Crippen molar-refractivity contribution >= 4 is 17.8 Å². The third kappa shape index (κ3) is 6.91. The zero-order valence-corrected chi connectivity index (χ0v) is 22.8. The lowest BCUT2D eigenvalue weighted by Crippen LogP contribution is -2.76. The van der Waals surface area contributed by atoms with E-state index < -0.39 is 35.9 Å². The van der Waals surface area contributed by atoms with Crippen molar-refractivity contribution in [3.8, 4) is 5.75 Å². The molecule has 2 aliphatic rings. The van der Waals surface area contributed by atoms with Gasteiger partial charge < -0.3 is 20.2 Å². The Morgan fingerprint density at radius 1 is 0.953 bits per heavy atom. The third-order valence-corrected chi connectivity index (χ3v) is 7.43. The summed E-state index contributed by atoms with van der Waals surface area (Å²) in [6.45, 7) is -0.163. The number of phenols is 1. The Morgan fingerprint density at radius 2 is 1.63 bits per heavy atom. The van der Waals surface area contributed by atoms with Crippen LogP contribution >= 0.6 is 0 Å². The highest BCUT2D eigenvalue weighted by Crippen LogP contribution is 2.32. The summed E-state index contributed by atoms with van der Waals surface area (Å²) in [5.74, 6) is -0.764. The van der Waals surface area contributed by atoms with Crippen molar-refractivity contribution in [2.75, 3.05) is 20.1 Å². The van der Waals surface area contributed by atoms with Crippen LogP contribution in [0.2, 0.25) is 0 Å². The molecule has 3 aromatic carbocycles. The summed E-state index contributed by atoms with van der Waals surface area (Å²) in [6, 6.07) is 18.7. The molecule has 0 aliphatic carbocycles. The Hall–Kier alpha value is -4.58. The summed E-state index contributed by atoms with van der Waals surface area (Å²) >= 11 is 0. The number of phenolic OH excluding ortho intramolecular Hbond substituents is 1. The molecule has 2 saturated heterocycles. The van der Waals surface area contributed by atoms with Crippen molar-refractivity contribution in [3.05, 3.63) is 101 Å². The van der Waals surface area contributed by atoms with Crippen LogP contribution in [-0.2, 0) is 35.3 Å². The summed E-state index contributed by atoms with van der Waals surface area (Å²) in [4.78, 5) is 43.6. The van der Waals surface area contributed by atoms with Gasteiger partial charge in [-0.05, 0) is 41.0 Å². The summed E-state index contributed by atoms with van der Waals surface area (Å²) < 4.78 is 40.2. The minimum Gasteiger partial charge on any atom is -0.508 e. The van der Waals surface area contributed by atoms with Crippen molar-refractivity contribution in [2.45, 2.75) is 45.3 Å². The fraction of sp³-hybridized carbons (Fsp3) is 0.323. The van der Waals surface area contributed by atoms with Crippen LogP contribution < -0.4 is 5.32 Å². The second-order valence-electron chi connectivity index (χ2n) is 10.4. The first-order valence-corrected chi connectivity index (χ1v) is 13.4. The van der Waals surface area contributed by atoms with E-state index in [1.165, 1.54) is 44.1 Å². The highest BCUT2D eigenvalue weighted by atomic mass is 19.4. The number of aromatic hydroxyl groups is 1. The lowest BCUT2D eigenvalue weighted by atomic mass is 9.98. The maximum absolute atomic E-state index is 13.9. The predicted octanol–water partition coefficient (Wildman–Crippen LogP) is 4.23. The number of hydrogen-bond acceptors (Lipinski definition) is 5. The van der Waals surface area contributed by atoms with Crippen molar-refractivity contribution in [2.24, 2.45) is 0 Å². The Labute approximate surface area is 248 Å². The molecule has 1 unspecified atom stereocenters. The smallest absolute Gasteiger partial charge is 0.416 e. The normalized spacial score (nSPS) is 19.1. The topological polar surface area (TPSA) is 96.4 Å². The molecule has 12 heteroatoms. The first kappa shape index (κ1) is 31.4. The molecule has 0 bridgehead atoms. The molecule has 2 fully saturated rings. The first-order valence-electron chi connectivity index (χ1n) is 13.4. The molecule has 9 nitrogen and oxygen atoms in total. The predicted molar refractivity (Wildman–Crippen MR) is 153 cm³/mol. The lowest BCUT2D eigenvalue weighted by Gasteiger charge is -2.54. The molecule has 43 heavy (non-hydrogen) atoms. The van der Waals surface area contributed by atoms with Crippen LogP contribution in [0.1, 0.15) is 29.7 Å².